The molecule has 0 aromatic carbocycles. The maximum absolute atomic E-state index is 12.5. The number of carbonyl (C=O) groups is 2. The van der Waals surface area contributed by atoms with Crippen LogP contribution in [0.15, 0.2) is 29.4 Å². The van der Waals surface area contributed by atoms with Crippen molar-refractivity contribution in [2.45, 2.75) is 24.2 Å². The van der Waals surface area contributed by atoms with E-state index in [4.69, 9.17) is 10.00 Å². The molecular formula is C17H22N4O5S. The first kappa shape index (κ1) is 20.8. The second-order valence-corrected chi connectivity index (χ2v) is 8.14. The van der Waals surface area contributed by atoms with Crippen LogP contribution < -0.4 is 0 Å². The monoisotopic (exact) mass is 394 g/mol. The number of carbonyl (C=O) groups excluding carboxylic acids is 2. The number of piperidine rings is 1. The van der Waals surface area contributed by atoms with Crippen molar-refractivity contribution in [1.29, 1.82) is 5.26 Å². The van der Waals surface area contributed by atoms with Crippen LogP contribution in [0.1, 0.15) is 19.3 Å². The Morgan fingerprint density at radius 3 is 2.70 bits per heavy atom. The lowest BCUT2D eigenvalue weighted by atomic mass is 9.98. The lowest BCUT2D eigenvalue weighted by Crippen LogP contribution is -2.41. The molecule has 0 aliphatic carbocycles. The molecule has 0 saturated carbocycles. The maximum Gasteiger partial charge on any atom is 0.309 e. The Bertz CT molecular complexity index is 798. The van der Waals surface area contributed by atoms with Gasteiger partial charge in [0.05, 0.1) is 18.4 Å². The first-order chi connectivity index (χ1) is 12.9. The van der Waals surface area contributed by atoms with Gasteiger partial charge in [-0.15, -0.1) is 0 Å². The van der Waals surface area contributed by atoms with Crippen molar-refractivity contribution in [3.8, 4) is 6.07 Å². The number of esters is 1. The average Bonchev–Trinajstić information content (AvgIpc) is 2.70. The largest absolute Gasteiger partial charge is 0.455 e. The van der Waals surface area contributed by atoms with Crippen LogP contribution in [0.4, 0.5) is 0 Å². The van der Waals surface area contributed by atoms with Gasteiger partial charge in [-0.1, -0.05) is 0 Å². The van der Waals surface area contributed by atoms with Crippen molar-refractivity contribution < 1.29 is 22.7 Å². The van der Waals surface area contributed by atoms with E-state index >= 15 is 0 Å². The summed E-state index contributed by atoms with van der Waals surface area (Å²) in [5.74, 6) is -1.33. The van der Waals surface area contributed by atoms with E-state index in [2.05, 4.69) is 4.98 Å². The van der Waals surface area contributed by atoms with E-state index in [9.17, 15) is 18.0 Å². The quantitative estimate of drug-likeness (QED) is 0.614. The highest BCUT2D eigenvalue weighted by Crippen LogP contribution is 2.24. The summed E-state index contributed by atoms with van der Waals surface area (Å²) >= 11 is 0. The molecule has 1 amide bonds. The zero-order chi connectivity index (χ0) is 19.9. The highest BCUT2D eigenvalue weighted by Gasteiger charge is 2.33. The van der Waals surface area contributed by atoms with Gasteiger partial charge in [-0.05, 0) is 25.0 Å². The molecule has 0 unspecified atom stereocenters. The molecule has 1 aromatic rings. The number of hydrogen-bond acceptors (Lipinski definition) is 7. The summed E-state index contributed by atoms with van der Waals surface area (Å²) in [5.41, 5.74) is 0. The minimum absolute atomic E-state index is 0.122. The fraction of sp³-hybridized carbons (Fsp3) is 0.529. The summed E-state index contributed by atoms with van der Waals surface area (Å²) in [7, 11) is -2.09. The Labute approximate surface area is 158 Å². The predicted octanol–water partition coefficient (Wildman–Crippen LogP) is 0.398. The third kappa shape index (κ3) is 5.48. The first-order valence-electron chi connectivity index (χ1n) is 8.54. The van der Waals surface area contributed by atoms with Gasteiger partial charge in [0.1, 0.15) is 4.90 Å². The fourth-order valence-corrected chi connectivity index (χ4v) is 4.12. The minimum atomic E-state index is -3.63. The Kier molecular flexibility index (Phi) is 7.27. The molecule has 1 aromatic heterocycles. The van der Waals surface area contributed by atoms with E-state index in [1.807, 2.05) is 6.07 Å². The molecule has 0 bridgehead atoms. The molecule has 2 heterocycles. The fourth-order valence-electron chi connectivity index (χ4n) is 2.68. The lowest BCUT2D eigenvalue weighted by molar-refractivity contribution is -0.156. The topological polar surface area (TPSA) is 121 Å². The van der Waals surface area contributed by atoms with E-state index in [1.165, 1.54) is 34.7 Å². The van der Waals surface area contributed by atoms with E-state index in [-0.39, 0.29) is 43.5 Å². The van der Waals surface area contributed by atoms with Crippen molar-refractivity contribution in [2.75, 3.05) is 33.3 Å². The molecule has 0 radical (unpaired) electrons. The van der Waals surface area contributed by atoms with Gasteiger partial charge in [-0.3, -0.25) is 14.6 Å². The Morgan fingerprint density at radius 1 is 1.41 bits per heavy atom. The third-order valence-electron chi connectivity index (χ3n) is 4.38. The highest BCUT2D eigenvalue weighted by molar-refractivity contribution is 7.89. The van der Waals surface area contributed by atoms with E-state index in [0.29, 0.717) is 12.8 Å². The van der Waals surface area contributed by atoms with Crippen molar-refractivity contribution in [1.82, 2.24) is 14.2 Å². The number of likely N-dealkylation sites (N-methyl/N-ethyl adjacent to an activating group) is 1. The molecular weight excluding hydrogens is 372 g/mol. The van der Waals surface area contributed by atoms with Crippen molar-refractivity contribution >= 4 is 21.9 Å². The Balaban J connectivity index is 1.82. The first-order valence-corrected chi connectivity index (χ1v) is 9.98. The maximum atomic E-state index is 12.5. The standard InChI is InChI=1S/C17H22N4O5S/c1-20(9-3-7-18)16(22)13-26-17(23)14-5-10-21(11-6-14)27(24,25)15-4-2-8-19-12-15/h2,4,8,12,14H,3,5-6,9-11,13H2,1H3. The smallest absolute Gasteiger partial charge is 0.309 e. The third-order valence-corrected chi connectivity index (χ3v) is 6.26. The molecule has 9 nitrogen and oxygen atoms in total. The van der Waals surface area contributed by atoms with Gasteiger partial charge in [0.2, 0.25) is 10.0 Å². The summed E-state index contributed by atoms with van der Waals surface area (Å²) < 4.78 is 31.5. The summed E-state index contributed by atoms with van der Waals surface area (Å²) in [4.78, 5) is 29.2. The minimum Gasteiger partial charge on any atom is -0.455 e. The number of amides is 1. The molecule has 2 rings (SSSR count). The van der Waals surface area contributed by atoms with Gasteiger partial charge >= 0.3 is 5.97 Å². The van der Waals surface area contributed by atoms with Crippen LogP contribution in [-0.4, -0.2) is 67.8 Å². The molecule has 1 aliphatic rings. The van der Waals surface area contributed by atoms with Gasteiger partial charge in [-0.2, -0.15) is 9.57 Å². The van der Waals surface area contributed by atoms with Gasteiger partial charge in [0, 0.05) is 39.1 Å². The molecule has 27 heavy (non-hydrogen) atoms. The SMILES string of the molecule is CN(CCC#N)C(=O)COC(=O)C1CCN(S(=O)(=O)c2cccnc2)CC1. The number of pyridine rings is 1. The summed E-state index contributed by atoms with van der Waals surface area (Å²) in [6.45, 7) is 0.298. The van der Waals surface area contributed by atoms with E-state index in [1.54, 1.807) is 6.07 Å². The second kappa shape index (κ2) is 9.43. The Hall–Kier alpha value is -2.51. The van der Waals surface area contributed by atoms with Gasteiger partial charge < -0.3 is 9.64 Å². The molecule has 1 aliphatic heterocycles. The number of nitriles is 1. The normalized spacial score (nSPS) is 15.7. The molecule has 0 N–H and O–H groups in total. The number of sulfonamides is 1. The molecule has 10 heteroatoms. The van der Waals surface area contributed by atoms with Crippen molar-refractivity contribution in [3.05, 3.63) is 24.5 Å². The number of ether oxygens (including phenoxy) is 1. The van der Waals surface area contributed by atoms with E-state index in [0.717, 1.165) is 0 Å². The van der Waals surface area contributed by atoms with Crippen LogP contribution in [0, 0.1) is 17.2 Å². The summed E-state index contributed by atoms with van der Waals surface area (Å²) in [5, 5.41) is 8.51. The zero-order valence-electron chi connectivity index (χ0n) is 15.1. The number of rotatable bonds is 7. The van der Waals surface area contributed by atoms with Gasteiger partial charge in [-0.25, -0.2) is 8.42 Å². The highest BCUT2D eigenvalue weighted by atomic mass is 32.2. The molecule has 1 saturated heterocycles. The lowest BCUT2D eigenvalue weighted by Gasteiger charge is -2.30. The second-order valence-electron chi connectivity index (χ2n) is 6.20. The zero-order valence-corrected chi connectivity index (χ0v) is 15.9. The van der Waals surface area contributed by atoms with E-state index < -0.39 is 21.9 Å². The van der Waals surface area contributed by atoms with Crippen LogP contribution >= 0.6 is 0 Å². The molecule has 146 valence electrons. The van der Waals surface area contributed by atoms with Crippen LogP contribution in [0.3, 0.4) is 0 Å². The van der Waals surface area contributed by atoms with Crippen LogP contribution in [0.25, 0.3) is 0 Å². The van der Waals surface area contributed by atoms with Gasteiger partial charge in [0.15, 0.2) is 6.61 Å². The van der Waals surface area contributed by atoms with Crippen molar-refractivity contribution in [3.63, 3.8) is 0 Å². The summed E-state index contributed by atoms with van der Waals surface area (Å²) in [6.07, 6.45) is 3.66. The number of hydrogen-bond donors (Lipinski definition) is 0. The molecule has 0 spiro atoms. The average molecular weight is 394 g/mol. The van der Waals surface area contributed by atoms with Crippen LogP contribution in [-0.2, 0) is 24.3 Å². The van der Waals surface area contributed by atoms with Crippen LogP contribution in [0.2, 0.25) is 0 Å². The van der Waals surface area contributed by atoms with Crippen LogP contribution in [0.5, 0.6) is 0 Å². The number of nitrogens with zero attached hydrogens (tertiary/aromatic N) is 4. The van der Waals surface area contributed by atoms with Gasteiger partial charge in [0.25, 0.3) is 5.91 Å². The number of aromatic nitrogens is 1. The van der Waals surface area contributed by atoms with Crippen molar-refractivity contribution in [2.24, 2.45) is 5.92 Å². The summed E-state index contributed by atoms with van der Waals surface area (Å²) in [6, 6.07) is 4.98. The molecule has 0 atom stereocenters. The predicted molar refractivity (Wildman–Crippen MR) is 94.5 cm³/mol. The Morgan fingerprint density at radius 2 is 2.11 bits per heavy atom. The molecule has 1 fully saturated rings.